The number of ether oxygens (including phenoxy) is 2. The lowest BCUT2D eigenvalue weighted by Gasteiger charge is -2.27. The van der Waals surface area contributed by atoms with Crippen molar-refractivity contribution in [1.29, 1.82) is 0 Å². The second kappa shape index (κ2) is 8.15. The maximum Gasteiger partial charge on any atom is 0.161 e. The molecule has 0 saturated heterocycles. The molecule has 0 spiro atoms. The van der Waals surface area contributed by atoms with Crippen LogP contribution in [-0.2, 0) is 0 Å². The molecule has 20 heavy (non-hydrogen) atoms. The zero-order chi connectivity index (χ0) is 14.2. The lowest BCUT2D eigenvalue weighted by molar-refractivity contribution is 0.256. The summed E-state index contributed by atoms with van der Waals surface area (Å²) in [5, 5.41) is 3.60. The highest BCUT2D eigenvalue weighted by Gasteiger charge is 2.17. The van der Waals surface area contributed by atoms with E-state index in [0.717, 1.165) is 24.0 Å². The topological polar surface area (TPSA) is 30.5 Å². The maximum atomic E-state index is 5.81. The van der Waals surface area contributed by atoms with Crippen molar-refractivity contribution in [2.24, 2.45) is 5.92 Å². The van der Waals surface area contributed by atoms with Crippen molar-refractivity contribution in [3.8, 4) is 11.5 Å². The van der Waals surface area contributed by atoms with Gasteiger partial charge in [0, 0.05) is 12.6 Å². The molecule has 1 N–H and O–H groups in total. The summed E-state index contributed by atoms with van der Waals surface area (Å²) in [6.07, 6.45) is 5.31. The SMILES string of the molecule is CCOc1ccccc1OCCNC1CCC(C)CC1. The minimum Gasteiger partial charge on any atom is -0.490 e. The van der Waals surface area contributed by atoms with Crippen LogP contribution in [-0.4, -0.2) is 25.8 Å². The molecule has 1 saturated carbocycles. The van der Waals surface area contributed by atoms with Crippen LogP contribution in [0.1, 0.15) is 39.5 Å². The van der Waals surface area contributed by atoms with Gasteiger partial charge < -0.3 is 14.8 Å². The van der Waals surface area contributed by atoms with E-state index >= 15 is 0 Å². The van der Waals surface area contributed by atoms with Crippen molar-refractivity contribution in [3.63, 3.8) is 0 Å². The van der Waals surface area contributed by atoms with E-state index in [1.165, 1.54) is 25.7 Å². The Morgan fingerprint density at radius 3 is 2.35 bits per heavy atom. The summed E-state index contributed by atoms with van der Waals surface area (Å²) in [5.41, 5.74) is 0. The molecule has 0 aliphatic heterocycles. The van der Waals surface area contributed by atoms with Crippen molar-refractivity contribution in [1.82, 2.24) is 5.32 Å². The van der Waals surface area contributed by atoms with Gasteiger partial charge in [0.15, 0.2) is 11.5 Å². The fraction of sp³-hybridized carbons (Fsp3) is 0.647. The molecule has 1 aliphatic rings. The van der Waals surface area contributed by atoms with Gasteiger partial charge in [-0.25, -0.2) is 0 Å². The Balaban J connectivity index is 1.68. The average Bonchev–Trinajstić information content (AvgIpc) is 2.47. The first-order valence-corrected chi connectivity index (χ1v) is 7.87. The van der Waals surface area contributed by atoms with Crippen LogP contribution >= 0.6 is 0 Å². The third-order valence-electron chi connectivity index (χ3n) is 3.96. The first-order valence-electron chi connectivity index (χ1n) is 7.87. The van der Waals surface area contributed by atoms with Crippen LogP contribution in [0.4, 0.5) is 0 Å². The molecule has 1 aromatic carbocycles. The van der Waals surface area contributed by atoms with E-state index in [1.54, 1.807) is 0 Å². The molecule has 1 aliphatic carbocycles. The van der Waals surface area contributed by atoms with E-state index in [4.69, 9.17) is 9.47 Å². The van der Waals surface area contributed by atoms with Crippen molar-refractivity contribution >= 4 is 0 Å². The van der Waals surface area contributed by atoms with Crippen molar-refractivity contribution in [2.75, 3.05) is 19.8 Å². The Hall–Kier alpha value is -1.22. The molecule has 0 atom stereocenters. The molecule has 0 radical (unpaired) electrons. The third kappa shape index (κ3) is 4.71. The van der Waals surface area contributed by atoms with Crippen molar-refractivity contribution in [2.45, 2.75) is 45.6 Å². The highest BCUT2D eigenvalue weighted by molar-refractivity contribution is 5.39. The zero-order valence-electron chi connectivity index (χ0n) is 12.7. The van der Waals surface area contributed by atoms with Crippen LogP contribution in [0.2, 0.25) is 0 Å². The van der Waals surface area contributed by atoms with E-state index in [-0.39, 0.29) is 0 Å². The van der Waals surface area contributed by atoms with E-state index in [2.05, 4.69) is 12.2 Å². The third-order valence-corrected chi connectivity index (χ3v) is 3.96. The average molecular weight is 277 g/mol. The van der Waals surface area contributed by atoms with Gasteiger partial charge in [-0.15, -0.1) is 0 Å². The Bertz CT molecular complexity index is 386. The van der Waals surface area contributed by atoms with Crippen LogP contribution in [0.5, 0.6) is 11.5 Å². The molecule has 0 bridgehead atoms. The molecule has 0 aromatic heterocycles. The standard InChI is InChI=1S/C17H27NO2/c1-3-19-16-6-4-5-7-17(16)20-13-12-18-15-10-8-14(2)9-11-15/h4-7,14-15,18H,3,8-13H2,1-2H3. The number of nitrogens with one attached hydrogen (secondary N) is 1. The van der Waals surface area contributed by atoms with Gasteiger partial charge in [0.05, 0.1) is 6.61 Å². The maximum absolute atomic E-state index is 5.81. The van der Waals surface area contributed by atoms with E-state index in [0.29, 0.717) is 19.3 Å². The molecule has 2 rings (SSSR count). The lowest BCUT2D eigenvalue weighted by atomic mass is 9.87. The predicted octanol–water partition coefficient (Wildman–Crippen LogP) is 3.63. The van der Waals surface area contributed by atoms with Crippen LogP contribution in [0, 0.1) is 5.92 Å². The van der Waals surface area contributed by atoms with Crippen molar-refractivity contribution in [3.05, 3.63) is 24.3 Å². The van der Waals surface area contributed by atoms with E-state index in [9.17, 15) is 0 Å². The zero-order valence-corrected chi connectivity index (χ0v) is 12.7. The van der Waals surface area contributed by atoms with Crippen LogP contribution in [0.25, 0.3) is 0 Å². The monoisotopic (exact) mass is 277 g/mol. The largest absolute Gasteiger partial charge is 0.490 e. The Labute approximate surface area is 122 Å². The van der Waals surface area contributed by atoms with Gasteiger partial charge in [-0.3, -0.25) is 0 Å². The fourth-order valence-corrected chi connectivity index (χ4v) is 2.73. The normalized spacial score (nSPS) is 22.5. The summed E-state index contributed by atoms with van der Waals surface area (Å²) in [6.45, 7) is 6.60. The van der Waals surface area contributed by atoms with Crippen LogP contribution in [0.15, 0.2) is 24.3 Å². The number of hydrogen-bond donors (Lipinski definition) is 1. The van der Waals surface area contributed by atoms with Gasteiger partial charge in [-0.05, 0) is 50.7 Å². The highest BCUT2D eigenvalue weighted by Crippen LogP contribution is 2.26. The summed E-state index contributed by atoms with van der Waals surface area (Å²) in [7, 11) is 0. The first-order chi connectivity index (χ1) is 9.79. The predicted molar refractivity (Wildman–Crippen MR) is 82.5 cm³/mol. The molecule has 0 heterocycles. The van der Waals surface area contributed by atoms with E-state index in [1.807, 2.05) is 31.2 Å². The number of hydrogen-bond acceptors (Lipinski definition) is 3. The second-order valence-electron chi connectivity index (χ2n) is 5.64. The molecule has 3 nitrogen and oxygen atoms in total. The molecular formula is C17H27NO2. The number of rotatable bonds is 7. The summed E-state index contributed by atoms with van der Waals surface area (Å²) >= 11 is 0. The number of benzene rings is 1. The molecule has 1 aromatic rings. The molecule has 3 heteroatoms. The lowest BCUT2D eigenvalue weighted by Crippen LogP contribution is -2.35. The highest BCUT2D eigenvalue weighted by atomic mass is 16.5. The fourth-order valence-electron chi connectivity index (χ4n) is 2.73. The molecule has 0 unspecified atom stereocenters. The smallest absolute Gasteiger partial charge is 0.161 e. The van der Waals surface area contributed by atoms with Gasteiger partial charge in [-0.2, -0.15) is 0 Å². The minimum atomic E-state index is 0.666. The van der Waals surface area contributed by atoms with Crippen molar-refractivity contribution < 1.29 is 9.47 Å². The van der Waals surface area contributed by atoms with Gasteiger partial charge in [0.1, 0.15) is 6.61 Å². The summed E-state index contributed by atoms with van der Waals surface area (Å²) < 4.78 is 11.4. The van der Waals surface area contributed by atoms with Crippen LogP contribution < -0.4 is 14.8 Å². The van der Waals surface area contributed by atoms with Gasteiger partial charge in [0.2, 0.25) is 0 Å². The van der Waals surface area contributed by atoms with Gasteiger partial charge in [-0.1, -0.05) is 19.1 Å². The second-order valence-corrected chi connectivity index (χ2v) is 5.64. The Kier molecular flexibility index (Phi) is 6.19. The van der Waals surface area contributed by atoms with Gasteiger partial charge >= 0.3 is 0 Å². The summed E-state index contributed by atoms with van der Waals surface area (Å²) in [4.78, 5) is 0. The summed E-state index contributed by atoms with van der Waals surface area (Å²) in [6, 6.07) is 8.55. The molecular weight excluding hydrogens is 250 g/mol. The van der Waals surface area contributed by atoms with Gasteiger partial charge in [0.25, 0.3) is 0 Å². The molecule has 112 valence electrons. The quantitative estimate of drug-likeness (QED) is 0.772. The van der Waals surface area contributed by atoms with Crippen LogP contribution in [0.3, 0.4) is 0 Å². The van der Waals surface area contributed by atoms with E-state index < -0.39 is 0 Å². The Morgan fingerprint density at radius 1 is 1.05 bits per heavy atom. The minimum absolute atomic E-state index is 0.666. The summed E-state index contributed by atoms with van der Waals surface area (Å²) in [5.74, 6) is 2.58. The first kappa shape index (κ1) is 15.2. The molecule has 1 fully saturated rings. The Morgan fingerprint density at radius 2 is 1.70 bits per heavy atom. The number of para-hydroxylation sites is 2. The molecule has 0 amide bonds.